The summed E-state index contributed by atoms with van der Waals surface area (Å²) < 4.78 is 6.63. The number of rotatable bonds is 8. The summed E-state index contributed by atoms with van der Waals surface area (Å²) in [4.78, 5) is 14.8. The maximum absolute atomic E-state index is 6.63. The van der Waals surface area contributed by atoms with E-state index in [1.54, 1.807) is 0 Å². The van der Waals surface area contributed by atoms with Crippen LogP contribution in [0, 0.1) is 5.92 Å². The Labute approximate surface area is 277 Å². The first-order chi connectivity index (χ1) is 23.2. The monoisotopic (exact) mass is 613 g/mol. The van der Waals surface area contributed by atoms with Crippen molar-refractivity contribution in [3.63, 3.8) is 0 Å². The quantitative estimate of drug-likeness (QED) is 0.127. The van der Waals surface area contributed by atoms with E-state index in [1.807, 2.05) is 6.07 Å². The summed E-state index contributed by atoms with van der Waals surface area (Å²) in [5.41, 5.74) is 7.92. The molecule has 0 aliphatic heterocycles. The molecule has 1 atom stereocenters. The van der Waals surface area contributed by atoms with Crippen LogP contribution < -0.4 is 0 Å². The minimum atomic E-state index is 0.0148. The zero-order valence-corrected chi connectivity index (χ0v) is 26.9. The predicted octanol–water partition coefficient (Wildman–Crippen LogP) is 11.1. The Morgan fingerprint density at radius 3 is 2.40 bits per heavy atom. The van der Waals surface area contributed by atoms with Gasteiger partial charge in [0.25, 0.3) is 0 Å². The van der Waals surface area contributed by atoms with Crippen LogP contribution in [0.5, 0.6) is 0 Å². The van der Waals surface area contributed by atoms with Gasteiger partial charge in [0.1, 0.15) is 17.2 Å². The number of hydrogen-bond acceptors (Lipinski definition) is 2. The van der Waals surface area contributed by atoms with E-state index in [0.717, 1.165) is 76.8 Å². The molecule has 2 aliphatic rings. The van der Waals surface area contributed by atoms with Crippen molar-refractivity contribution in [1.82, 2.24) is 0 Å². The lowest BCUT2D eigenvalue weighted by Crippen LogP contribution is -2.14. The van der Waals surface area contributed by atoms with Gasteiger partial charge in [0.2, 0.25) is 0 Å². The third kappa shape index (κ3) is 6.50. The second-order valence-corrected chi connectivity index (χ2v) is 12.1. The van der Waals surface area contributed by atoms with Crippen molar-refractivity contribution in [2.75, 3.05) is 6.54 Å². The summed E-state index contributed by atoms with van der Waals surface area (Å²) in [6.07, 6.45) is 17.8. The molecule has 0 spiro atoms. The fourth-order valence-electron chi connectivity index (χ4n) is 6.56. The Morgan fingerprint density at radius 1 is 0.894 bits per heavy atom. The number of amidine groups is 2. The van der Waals surface area contributed by atoms with Crippen molar-refractivity contribution >= 4 is 52.3 Å². The summed E-state index contributed by atoms with van der Waals surface area (Å²) in [5.74, 6) is 2.44. The van der Waals surface area contributed by atoms with Crippen LogP contribution in [0.3, 0.4) is 0 Å². The maximum Gasteiger partial charge on any atom is 0.153 e. The molecule has 0 bridgehead atoms. The summed E-state index contributed by atoms with van der Waals surface area (Å²) in [5, 5.41) is 3.44. The van der Waals surface area contributed by atoms with E-state index in [9.17, 15) is 0 Å². The number of fused-ring (bicyclic) bond motifs is 5. The van der Waals surface area contributed by atoms with Crippen molar-refractivity contribution in [2.45, 2.75) is 39.0 Å². The van der Waals surface area contributed by atoms with Crippen LogP contribution in [0.1, 0.15) is 49.5 Å². The second-order valence-electron chi connectivity index (χ2n) is 12.1. The van der Waals surface area contributed by atoms with Crippen LogP contribution in [0.25, 0.3) is 45.0 Å². The van der Waals surface area contributed by atoms with Gasteiger partial charge in [0, 0.05) is 28.7 Å². The normalized spacial score (nSPS) is 15.9. The summed E-state index contributed by atoms with van der Waals surface area (Å²) in [6.45, 7) is 6.68. The van der Waals surface area contributed by atoms with Crippen LogP contribution in [0.15, 0.2) is 146 Å². The van der Waals surface area contributed by atoms with E-state index in [1.165, 1.54) is 22.1 Å². The summed E-state index contributed by atoms with van der Waals surface area (Å²) >= 11 is 0. The molecular weight excluding hydrogens is 574 g/mol. The zero-order valence-electron chi connectivity index (χ0n) is 26.9. The molecule has 1 aromatic heterocycles. The number of benzene rings is 4. The van der Waals surface area contributed by atoms with Crippen molar-refractivity contribution in [3.05, 3.63) is 143 Å². The highest BCUT2D eigenvalue weighted by atomic mass is 16.3. The summed E-state index contributed by atoms with van der Waals surface area (Å²) in [7, 11) is 0. The van der Waals surface area contributed by atoms with Gasteiger partial charge in [0.15, 0.2) is 5.84 Å². The molecule has 1 heterocycles. The second kappa shape index (κ2) is 14.0. The lowest BCUT2D eigenvalue weighted by molar-refractivity contribution is 0.547. The van der Waals surface area contributed by atoms with Gasteiger partial charge in [-0.2, -0.15) is 0 Å². The van der Waals surface area contributed by atoms with Gasteiger partial charge in [0.05, 0.1) is 6.54 Å². The lowest BCUT2D eigenvalue weighted by atomic mass is 9.91. The number of aryl methyl sites for hydroxylation is 1. The van der Waals surface area contributed by atoms with Crippen molar-refractivity contribution in [2.24, 2.45) is 20.9 Å². The summed E-state index contributed by atoms with van der Waals surface area (Å²) in [6, 6.07) is 31.8. The van der Waals surface area contributed by atoms with Gasteiger partial charge in [-0.3, -0.25) is 4.99 Å². The molecule has 232 valence electrons. The SMILES string of the molecule is C=NC(=NC(=NCC1=CCCC=C1)C1=Cc2c(oc3c2cc(-c2ccccc2)c2ccccc23)CC1)C(/C=C\c1ccccc1)CC. The van der Waals surface area contributed by atoms with Gasteiger partial charge in [-0.25, -0.2) is 9.98 Å². The molecule has 0 fully saturated rings. The number of aliphatic imine (C=N–C) groups is 3. The van der Waals surface area contributed by atoms with Crippen LogP contribution in [0.4, 0.5) is 0 Å². The maximum atomic E-state index is 6.63. The average molecular weight is 614 g/mol. The lowest BCUT2D eigenvalue weighted by Gasteiger charge is -2.16. The molecule has 4 heteroatoms. The standard InChI is InChI=1S/C43H39N3O/c1-3-32(24-23-30-15-7-4-8-16-30)42(44-2)46-43(45-29-31-17-9-5-10-18-31)34-25-26-40-38(27-34)39-28-37(33-19-11-6-12-20-33)35-21-13-14-22-36(35)41(39)47-40/h4,6-9,11-24,27-28,32H,2-3,5,10,25-26,29H2,1H3/b24-23-,45-43?,46-42?. The molecule has 5 aromatic rings. The van der Waals surface area contributed by atoms with Crippen LogP contribution in [-0.2, 0) is 6.42 Å². The predicted molar refractivity (Wildman–Crippen MR) is 200 cm³/mol. The highest BCUT2D eigenvalue weighted by Crippen LogP contribution is 2.41. The van der Waals surface area contributed by atoms with E-state index in [-0.39, 0.29) is 5.92 Å². The number of allylic oxidation sites excluding steroid dienone is 2. The van der Waals surface area contributed by atoms with Gasteiger partial charge < -0.3 is 4.42 Å². The first kappa shape index (κ1) is 30.3. The Balaban J connectivity index is 1.34. The fourth-order valence-corrected chi connectivity index (χ4v) is 6.56. The highest BCUT2D eigenvalue weighted by molar-refractivity contribution is 6.16. The van der Waals surface area contributed by atoms with Crippen LogP contribution >= 0.6 is 0 Å². The van der Waals surface area contributed by atoms with E-state index in [4.69, 9.17) is 14.4 Å². The third-order valence-corrected chi connectivity index (χ3v) is 9.08. The van der Waals surface area contributed by atoms with E-state index < -0.39 is 0 Å². The van der Waals surface area contributed by atoms with Gasteiger partial charge in [-0.1, -0.05) is 122 Å². The molecule has 0 radical (unpaired) electrons. The fraction of sp³-hybridized carbons (Fsp3) is 0.186. The first-order valence-electron chi connectivity index (χ1n) is 16.6. The minimum Gasteiger partial charge on any atom is -0.460 e. The van der Waals surface area contributed by atoms with Gasteiger partial charge in [-0.15, -0.1) is 0 Å². The number of hydrogen-bond donors (Lipinski definition) is 0. The number of furan rings is 1. The topological polar surface area (TPSA) is 50.2 Å². The highest BCUT2D eigenvalue weighted by Gasteiger charge is 2.24. The Morgan fingerprint density at radius 2 is 1.66 bits per heavy atom. The van der Waals surface area contributed by atoms with Gasteiger partial charge in [-0.05, 0) is 77.8 Å². The largest absolute Gasteiger partial charge is 0.460 e. The third-order valence-electron chi connectivity index (χ3n) is 9.08. The Hall–Kier alpha value is -5.35. The average Bonchev–Trinajstić information content (AvgIpc) is 3.51. The minimum absolute atomic E-state index is 0.0148. The Kier molecular flexibility index (Phi) is 9.01. The molecular formula is C43H39N3O. The van der Waals surface area contributed by atoms with Crippen molar-refractivity contribution in [3.8, 4) is 11.1 Å². The van der Waals surface area contributed by atoms with E-state index in [2.05, 4.69) is 140 Å². The number of nitrogens with zero attached hydrogens (tertiary/aromatic N) is 3. The first-order valence-corrected chi connectivity index (χ1v) is 16.6. The molecule has 7 rings (SSSR count). The van der Waals surface area contributed by atoms with E-state index >= 15 is 0 Å². The molecule has 0 N–H and O–H groups in total. The van der Waals surface area contributed by atoms with Crippen molar-refractivity contribution in [1.29, 1.82) is 0 Å². The molecule has 47 heavy (non-hydrogen) atoms. The van der Waals surface area contributed by atoms with E-state index in [0.29, 0.717) is 12.4 Å². The molecule has 1 unspecified atom stereocenters. The molecule has 2 aliphatic carbocycles. The Bertz CT molecular complexity index is 2110. The molecule has 0 amide bonds. The molecule has 4 aromatic carbocycles. The van der Waals surface area contributed by atoms with Crippen molar-refractivity contribution < 1.29 is 4.42 Å². The zero-order chi connectivity index (χ0) is 32.0. The molecule has 0 saturated carbocycles. The smallest absolute Gasteiger partial charge is 0.153 e. The molecule has 0 saturated heterocycles. The molecule has 4 nitrogen and oxygen atoms in total. The van der Waals surface area contributed by atoms with Crippen LogP contribution in [-0.4, -0.2) is 24.9 Å². The van der Waals surface area contributed by atoms with Crippen LogP contribution in [0.2, 0.25) is 0 Å². The van der Waals surface area contributed by atoms with Gasteiger partial charge >= 0.3 is 0 Å².